The van der Waals surface area contributed by atoms with Gasteiger partial charge in [-0.15, -0.1) is 12.4 Å². The fourth-order valence-corrected chi connectivity index (χ4v) is 2.37. The summed E-state index contributed by atoms with van der Waals surface area (Å²) in [5.74, 6) is -1.57. The molecule has 10 heteroatoms. The summed E-state index contributed by atoms with van der Waals surface area (Å²) >= 11 is 0. The molecule has 29 heavy (non-hydrogen) atoms. The van der Waals surface area contributed by atoms with Gasteiger partial charge in [0, 0.05) is 12.5 Å². The second-order valence-corrected chi connectivity index (χ2v) is 5.88. The minimum Gasteiger partial charge on any atom is -0.482 e. The highest BCUT2D eigenvalue weighted by Crippen LogP contribution is 2.29. The second kappa shape index (κ2) is 10.7. The molecule has 0 aromatic heterocycles. The summed E-state index contributed by atoms with van der Waals surface area (Å²) in [5, 5.41) is 2.47. The number of hydrogen-bond acceptors (Lipinski definition) is 5. The van der Waals surface area contributed by atoms with Gasteiger partial charge in [0.05, 0.1) is 18.4 Å². The van der Waals surface area contributed by atoms with E-state index in [9.17, 15) is 22.8 Å². The molecule has 1 amide bonds. The Labute approximate surface area is 171 Å². The molecule has 6 nitrogen and oxygen atoms in total. The zero-order valence-corrected chi connectivity index (χ0v) is 16.2. The monoisotopic (exact) mass is 432 g/mol. The molecule has 3 N–H and O–H groups in total. The van der Waals surface area contributed by atoms with Gasteiger partial charge in [-0.3, -0.25) is 4.79 Å². The van der Waals surface area contributed by atoms with Gasteiger partial charge in [0.2, 0.25) is 5.91 Å². The van der Waals surface area contributed by atoms with Crippen LogP contribution in [0.5, 0.6) is 5.75 Å². The lowest BCUT2D eigenvalue weighted by molar-refractivity contribution is -0.153. The number of hydrogen-bond donors (Lipinski definition) is 2. The van der Waals surface area contributed by atoms with Crippen LogP contribution >= 0.6 is 12.4 Å². The summed E-state index contributed by atoms with van der Waals surface area (Å²) < 4.78 is 46.8. The van der Waals surface area contributed by atoms with Crippen LogP contribution in [0.15, 0.2) is 48.5 Å². The van der Waals surface area contributed by atoms with Crippen molar-refractivity contribution >= 4 is 30.0 Å². The van der Waals surface area contributed by atoms with E-state index in [4.69, 9.17) is 10.5 Å². The maximum absolute atomic E-state index is 12.5. The van der Waals surface area contributed by atoms with Crippen molar-refractivity contribution in [2.24, 2.45) is 5.73 Å². The van der Waals surface area contributed by atoms with Crippen LogP contribution in [0.4, 0.5) is 18.9 Å². The van der Waals surface area contributed by atoms with Crippen LogP contribution in [0.1, 0.15) is 28.4 Å². The lowest BCUT2D eigenvalue weighted by Gasteiger charge is -2.16. The molecule has 0 radical (unpaired) electrons. The molecule has 1 unspecified atom stereocenters. The molecule has 0 fully saturated rings. The number of esters is 1. The zero-order valence-electron chi connectivity index (χ0n) is 15.4. The number of nitrogens with one attached hydrogen (secondary N) is 1. The Morgan fingerprint density at radius 3 is 2.38 bits per heavy atom. The molecule has 0 aliphatic carbocycles. The molecule has 1 atom stereocenters. The van der Waals surface area contributed by atoms with Crippen molar-refractivity contribution in [3.8, 4) is 5.75 Å². The number of carbonyl (C=O) groups is 2. The van der Waals surface area contributed by atoms with Crippen molar-refractivity contribution in [2.45, 2.75) is 18.6 Å². The summed E-state index contributed by atoms with van der Waals surface area (Å²) in [4.78, 5) is 23.9. The highest BCUT2D eigenvalue weighted by atomic mass is 35.5. The van der Waals surface area contributed by atoms with E-state index in [0.717, 1.165) is 18.7 Å². The summed E-state index contributed by atoms with van der Waals surface area (Å²) in [6, 6.07) is 12.0. The number of amides is 1. The normalized spacial score (nSPS) is 11.8. The van der Waals surface area contributed by atoms with Crippen LogP contribution in [-0.2, 0) is 9.53 Å². The number of nitrogens with two attached hydrogens (primary N) is 1. The van der Waals surface area contributed by atoms with Gasteiger partial charge in [-0.1, -0.05) is 30.3 Å². The molecule has 2 aromatic carbocycles. The standard InChI is InChI=1S/C19H19F3N2O4.ClH/c1-27-18(26)13-7-8-15(16(9-13)28-11-19(20,21)22)24-17(25)10-14(23)12-5-3-2-4-6-12;/h2-9,14H,10-11,23H2,1H3,(H,24,25);1H. The first-order valence-corrected chi connectivity index (χ1v) is 8.22. The van der Waals surface area contributed by atoms with Crippen LogP contribution in [0.25, 0.3) is 0 Å². The number of ether oxygens (including phenoxy) is 2. The molecule has 0 aliphatic heterocycles. The Morgan fingerprint density at radius 2 is 1.79 bits per heavy atom. The van der Waals surface area contributed by atoms with Gasteiger partial charge in [-0.05, 0) is 23.8 Å². The molecule has 0 saturated carbocycles. The molecule has 0 bridgehead atoms. The zero-order chi connectivity index (χ0) is 20.7. The summed E-state index contributed by atoms with van der Waals surface area (Å²) in [6.45, 7) is -1.58. The van der Waals surface area contributed by atoms with Gasteiger partial charge in [0.25, 0.3) is 0 Å². The van der Waals surface area contributed by atoms with Crippen molar-refractivity contribution in [1.29, 1.82) is 0 Å². The Balaban J connectivity index is 0.00000420. The topological polar surface area (TPSA) is 90.7 Å². The first-order valence-electron chi connectivity index (χ1n) is 8.22. The second-order valence-electron chi connectivity index (χ2n) is 5.88. The summed E-state index contributed by atoms with van der Waals surface area (Å²) in [7, 11) is 1.14. The first-order chi connectivity index (χ1) is 13.2. The van der Waals surface area contributed by atoms with E-state index in [1.165, 1.54) is 12.1 Å². The van der Waals surface area contributed by atoms with Crippen molar-refractivity contribution in [2.75, 3.05) is 19.0 Å². The van der Waals surface area contributed by atoms with E-state index < -0.39 is 30.7 Å². The molecule has 0 heterocycles. The van der Waals surface area contributed by atoms with Crippen molar-refractivity contribution in [1.82, 2.24) is 0 Å². The third kappa shape index (κ3) is 7.63. The number of carbonyl (C=O) groups excluding carboxylic acids is 2. The highest BCUT2D eigenvalue weighted by molar-refractivity contribution is 5.95. The van der Waals surface area contributed by atoms with E-state index in [1.807, 2.05) is 6.07 Å². The number of methoxy groups -OCH3 is 1. The highest BCUT2D eigenvalue weighted by Gasteiger charge is 2.29. The van der Waals surface area contributed by atoms with E-state index in [-0.39, 0.29) is 35.8 Å². The number of halogens is 4. The molecular weight excluding hydrogens is 413 g/mol. The van der Waals surface area contributed by atoms with E-state index in [0.29, 0.717) is 0 Å². The average molecular weight is 433 g/mol. The molecule has 2 aromatic rings. The fraction of sp³-hybridized carbons (Fsp3) is 0.263. The summed E-state index contributed by atoms with van der Waals surface area (Å²) in [5.41, 5.74) is 6.70. The molecular formula is C19H20ClF3N2O4. The Kier molecular flexibility index (Phi) is 8.93. The van der Waals surface area contributed by atoms with Crippen LogP contribution < -0.4 is 15.8 Å². The Bertz CT molecular complexity index is 832. The number of alkyl halides is 3. The van der Waals surface area contributed by atoms with E-state index in [1.54, 1.807) is 24.3 Å². The quantitative estimate of drug-likeness (QED) is 0.648. The molecule has 158 valence electrons. The van der Waals surface area contributed by atoms with Gasteiger partial charge in [-0.2, -0.15) is 13.2 Å². The van der Waals surface area contributed by atoms with Crippen LogP contribution in [0.3, 0.4) is 0 Å². The van der Waals surface area contributed by atoms with Gasteiger partial charge in [-0.25, -0.2) is 4.79 Å². The average Bonchev–Trinajstić information content (AvgIpc) is 2.66. The molecule has 0 spiro atoms. The van der Waals surface area contributed by atoms with Crippen LogP contribution in [-0.4, -0.2) is 31.8 Å². The van der Waals surface area contributed by atoms with E-state index >= 15 is 0 Å². The third-order valence-corrected chi connectivity index (χ3v) is 3.70. The van der Waals surface area contributed by atoms with Gasteiger partial charge in [0.1, 0.15) is 5.75 Å². The number of benzene rings is 2. The lowest BCUT2D eigenvalue weighted by atomic mass is 10.0. The maximum Gasteiger partial charge on any atom is 0.422 e. The Morgan fingerprint density at radius 1 is 1.14 bits per heavy atom. The van der Waals surface area contributed by atoms with Crippen molar-refractivity contribution in [3.63, 3.8) is 0 Å². The number of anilines is 1. The predicted octanol–water partition coefficient (Wildman–Crippen LogP) is 3.86. The lowest BCUT2D eigenvalue weighted by Crippen LogP contribution is -2.22. The number of rotatable bonds is 7. The van der Waals surface area contributed by atoms with Crippen molar-refractivity contribution in [3.05, 3.63) is 59.7 Å². The Hall–Kier alpha value is -2.78. The first kappa shape index (κ1) is 24.3. The SMILES string of the molecule is COC(=O)c1ccc(NC(=O)CC(N)c2ccccc2)c(OCC(F)(F)F)c1.Cl. The maximum atomic E-state index is 12.5. The molecule has 0 saturated heterocycles. The molecule has 2 rings (SSSR count). The molecule has 0 aliphatic rings. The summed E-state index contributed by atoms with van der Waals surface area (Å²) in [6.07, 6.45) is -4.68. The van der Waals surface area contributed by atoms with Crippen molar-refractivity contribution < 1.29 is 32.2 Å². The van der Waals surface area contributed by atoms with Crippen LogP contribution in [0.2, 0.25) is 0 Å². The predicted molar refractivity (Wildman–Crippen MR) is 103 cm³/mol. The minimum atomic E-state index is -4.59. The largest absolute Gasteiger partial charge is 0.482 e. The third-order valence-electron chi connectivity index (χ3n) is 3.70. The van der Waals surface area contributed by atoms with Gasteiger partial charge >= 0.3 is 12.1 Å². The smallest absolute Gasteiger partial charge is 0.422 e. The van der Waals surface area contributed by atoms with Gasteiger partial charge in [0.15, 0.2) is 6.61 Å². The fourth-order valence-electron chi connectivity index (χ4n) is 2.37. The minimum absolute atomic E-state index is 0. The van der Waals surface area contributed by atoms with E-state index in [2.05, 4.69) is 10.1 Å². The van der Waals surface area contributed by atoms with Gasteiger partial charge < -0.3 is 20.5 Å². The van der Waals surface area contributed by atoms with Crippen LogP contribution in [0, 0.1) is 0 Å².